The topological polar surface area (TPSA) is 125 Å². The molecule has 0 saturated heterocycles. The molecule has 9 heteroatoms. The Morgan fingerprint density at radius 2 is 1.48 bits per heavy atom. The third-order valence-electron chi connectivity index (χ3n) is 3.59. The van der Waals surface area contributed by atoms with E-state index in [9.17, 15) is 18.7 Å². The van der Waals surface area contributed by atoms with Gasteiger partial charge in [0.2, 0.25) is 6.41 Å². The average molecular weight is 433 g/mol. The first kappa shape index (κ1) is 27.3. The molecule has 0 bridgehead atoms. The Morgan fingerprint density at radius 3 is 1.87 bits per heavy atom. The van der Waals surface area contributed by atoms with Crippen LogP contribution >= 0.6 is 0 Å². The summed E-state index contributed by atoms with van der Waals surface area (Å²) >= 11 is 0. The van der Waals surface area contributed by atoms with E-state index in [0.717, 1.165) is 5.56 Å². The van der Waals surface area contributed by atoms with Crippen LogP contribution in [0, 0.1) is 11.8 Å². The lowest BCUT2D eigenvalue weighted by Gasteiger charge is -2.19. The van der Waals surface area contributed by atoms with Gasteiger partial charge in [0.05, 0.1) is 6.04 Å². The van der Waals surface area contributed by atoms with Gasteiger partial charge in [0.15, 0.2) is 0 Å². The van der Waals surface area contributed by atoms with Gasteiger partial charge >= 0.3 is 0 Å². The van der Waals surface area contributed by atoms with Crippen molar-refractivity contribution in [2.45, 2.75) is 25.5 Å². The van der Waals surface area contributed by atoms with E-state index in [1.807, 2.05) is 0 Å². The number of alkyl halides is 2. The average Bonchev–Trinajstić information content (AvgIpc) is 2.79. The zero-order valence-corrected chi connectivity index (χ0v) is 16.9. The number of hydroxylamine groups is 1. The maximum atomic E-state index is 12.4. The molecule has 0 aliphatic carbocycles. The Bertz CT molecular complexity index is 863. The highest BCUT2D eigenvalue weighted by Gasteiger charge is 2.25. The molecule has 2 aromatic rings. The van der Waals surface area contributed by atoms with Gasteiger partial charge in [0, 0.05) is 22.4 Å². The maximum absolute atomic E-state index is 12.4. The molecule has 2 atom stereocenters. The van der Waals surface area contributed by atoms with Crippen molar-refractivity contribution in [1.29, 1.82) is 0 Å². The SMILES string of the molecule is C=C.CC(NC(=O)c1ccc(C#Cc2ccc(N)cc2)cc1)C(O)C(F)F.O=CNO. The van der Waals surface area contributed by atoms with Crippen molar-refractivity contribution in [3.05, 3.63) is 78.4 Å². The van der Waals surface area contributed by atoms with E-state index < -0.39 is 24.5 Å². The fourth-order valence-corrected chi connectivity index (χ4v) is 2.01. The minimum absolute atomic E-state index is 0.181. The Kier molecular flexibility index (Phi) is 13.3. The molecule has 0 spiro atoms. The molecule has 0 radical (unpaired) electrons. The van der Waals surface area contributed by atoms with Crippen molar-refractivity contribution in [1.82, 2.24) is 10.8 Å². The second-order valence-corrected chi connectivity index (χ2v) is 5.78. The van der Waals surface area contributed by atoms with Crippen LogP contribution in [0.15, 0.2) is 61.7 Å². The highest BCUT2D eigenvalue weighted by molar-refractivity contribution is 5.94. The number of aliphatic hydroxyl groups excluding tert-OH is 1. The summed E-state index contributed by atoms with van der Waals surface area (Å²) in [5.41, 5.74) is 9.33. The predicted octanol–water partition coefficient (Wildman–Crippen LogP) is 2.34. The van der Waals surface area contributed by atoms with E-state index in [2.05, 4.69) is 30.3 Å². The number of anilines is 1. The number of rotatable bonds is 5. The van der Waals surface area contributed by atoms with E-state index in [-0.39, 0.29) is 6.41 Å². The van der Waals surface area contributed by atoms with Crippen LogP contribution in [0.1, 0.15) is 28.4 Å². The third-order valence-corrected chi connectivity index (χ3v) is 3.59. The van der Waals surface area contributed by atoms with Crippen LogP contribution in [-0.4, -0.2) is 41.2 Å². The van der Waals surface area contributed by atoms with Gasteiger partial charge in [-0.15, -0.1) is 13.2 Å². The van der Waals surface area contributed by atoms with E-state index in [4.69, 9.17) is 15.7 Å². The van der Waals surface area contributed by atoms with Crippen molar-refractivity contribution in [3.8, 4) is 11.8 Å². The molecule has 6 N–H and O–H groups in total. The summed E-state index contributed by atoms with van der Waals surface area (Å²) in [6, 6.07) is 12.5. The minimum atomic E-state index is -2.92. The van der Waals surface area contributed by atoms with Crippen molar-refractivity contribution in [3.63, 3.8) is 0 Å². The summed E-state index contributed by atoms with van der Waals surface area (Å²) in [5, 5.41) is 18.8. The summed E-state index contributed by atoms with van der Waals surface area (Å²) in [7, 11) is 0. The standard InChI is InChI=1S/C19H18F2N2O2.C2H4.CH3NO2/c1-12(17(24)18(20)21)23-19(25)15-8-4-13(5-9-15)2-3-14-6-10-16(22)11-7-14;1-2;3-1-2-4/h4-12,17-18,24H,22H2,1H3,(H,23,25);1-2H2;1,4H,(H,2,3). The van der Waals surface area contributed by atoms with Gasteiger partial charge in [-0.05, 0) is 55.5 Å². The zero-order chi connectivity index (χ0) is 23.8. The molecule has 2 unspecified atom stereocenters. The van der Waals surface area contributed by atoms with Crippen molar-refractivity contribution in [2.75, 3.05) is 5.73 Å². The summed E-state index contributed by atoms with van der Waals surface area (Å²) in [6.45, 7) is 7.32. The summed E-state index contributed by atoms with van der Waals surface area (Å²) in [4.78, 5) is 20.8. The Hall–Kier alpha value is -3.74. The summed E-state index contributed by atoms with van der Waals surface area (Å²) in [5.74, 6) is 5.40. The number of halogens is 2. The summed E-state index contributed by atoms with van der Waals surface area (Å²) < 4.78 is 24.8. The van der Waals surface area contributed by atoms with Gasteiger partial charge in [-0.1, -0.05) is 11.8 Å². The van der Waals surface area contributed by atoms with Gasteiger partial charge in [-0.3, -0.25) is 14.8 Å². The number of carbonyl (C=O) groups is 2. The third kappa shape index (κ3) is 10.6. The van der Waals surface area contributed by atoms with Gasteiger partial charge in [-0.2, -0.15) is 0 Å². The zero-order valence-electron chi connectivity index (χ0n) is 16.9. The number of hydrogen-bond donors (Lipinski definition) is 5. The molecular weight excluding hydrogens is 408 g/mol. The smallest absolute Gasteiger partial charge is 0.266 e. The maximum Gasteiger partial charge on any atom is 0.266 e. The van der Waals surface area contributed by atoms with Crippen LogP contribution in [0.3, 0.4) is 0 Å². The Balaban J connectivity index is 0.00000134. The number of nitrogens with one attached hydrogen (secondary N) is 2. The van der Waals surface area contributed by atoms with Crippen LogP contribution < -0.4 is 16.5 Å². The first-order valence-corrected chi connectivity index (χ1v) is 8.86. The quantitative estimate of drug-likeness (QED) is 0.124. The molecule has 0 saturated carbocycles. The molecule has 2 amide bonds. The Labute approximate surface area is 179 Å². The van der Waals surface area contributed by atoms with Crippen LogP contribution in [0.5, 0.6) is 0 Å². The second kappa shape index (κ2) is 15.1. The molecule has 0 heterocycles. The van der Waals surface area contributed by atoms with E-state index in [1.54, 1.807) is 48.5 Å². The fourth-order valence-electron chi connectivity index (χ4n) is 2.01. The molecule has 0 aromatic heterocycles. The molecule has 0 aliphatic heterocycles. The number of hydrogen-bond acceptors (Lipinski definition) is 5. The number of amides is 2. The lowest BCUT2D eigenvalue weighted by molar-refractivity contribution is -0.116. The molecule has 31 heavy (non-hydrogen) atoms. The second-order valence-electron chi connectivity index (χ2n) is 5.78. The van der Waals surface area contributed by atoms with Crippen LogP contribution in [0.2, 0.25) is 0 Å². The fraction of sp³-hybridized carbons (Fsp3) is 0.182. The molecule has 7 nitrogen and oxygen atoms in total. The summed E-state index contributed by atoms with van der Waals surface area (Å²) in [6.07, 6.45) is -4.64. The Morgan fingerprint density at radius 1 is 1.06 bits per heavy atom. The molecule has 0 aliphatic rings. The van der Waals surface area contributed by atoms with Crippen molar-refractivity contribution >= 4 is 18.0 Å². The van der Waals surface area contributed by atoms with Gasteiger partial charge in [0.1, 0.15) is 6.10 Å². The number of aliphatic hydroxyl groups is 1. The van der Waals surface area contributed by atoms with E-state index >= 15 is 0 Å². The van der Waals surface area contributed by atoms with Gasteiger partial charge in [0.25, 0.3) is 12.3 Å². The first-order chi connectivity index (χ1) is 14.8. The highest BCUT2D eigenvalue weighted by Crippen LogP contribution is 2.09. The number of benzene rings is 2. The number of nitrogens with two attached hydrogens (primary N) is 1. The molecule has 2 aromatic carbocycles. The first-order valence-electron chi connectivity index (χ1n) is 8.86. The molecule has 2 rings (SSSR count). The van der Waals surface area contributed by atoms with Crippen LogP contribution in [0.4, 0.5) is 14.5 Å². The molecule has 166 valence electrons. The van der Waals surface area contributed by atoms with Crippen molar-refractivity contribution < 1.29 is 28.7 Å². The largest absolute Gasteiger partial charge is 0.399 e. The lowest BCUT2D eigenvalue weighted by atomic mass is 10.1. The van der Waals surface area contributed by atoms with Crippen LogP contribution in [-0.2, 0) is 4.79 Å². The minimum Gasteiger partial charge on any atom is -0.399 e. The number of carbonyl (C=O) groups excluding carboxylic acids is 2. The number of nitrogen functional groups attached to an aromatic ring is 1. The van der Waals surface area contributed by atoms with Gasteiger partial charge in [-0.25, -0.2) is 14.3 Å². The van der Waals surface area contributed by atoms with Gasteiger partial charge < -0.3 is 16.2 Å². The monoisotopic (exact) mass is 433 g/mol. The lowest BCUT2D eigenvalue weighted by Crippen LogP contribution is -2.44. The van der Waals surface area contributed by atoms with Crippen molar-refractivity contribution in [2.24, 2.45) is 0 Å². The van der Waals surface area contributed by atoms with E-state index in [0.29, 0.717) is 16.8 Å². The predicted molar refractivity (Wildman–Crippen MR) is 114 cm³/mol. The van der Waals surface area contributed by atoms with Crippen LogP contribution in [0.25, 0.3) is 0 Å². The van der Waals surface area contributed by atoms with E-state index in [1.165, 1.54) is 12.4 Å². The molecular formula is C22H25F2N3O4. The normalized spacial score (nSPS) is 11.2. The highest BCUT2D eigenvalue weighted by atomic mass is 19.3. The molecule has 0 fully saturated rings.